The Morgan fingerprint density at radius 2 is 1.82 bits per heavy atom. The molecule has 0 unspecified atom stereocenters. The highest BCUT2D eigenvalue weighted by Gasteiger charge is 2.40. The van der Waals surface area contributed by atoms with E-state index in [1.165, 1.54) is 19.3 Å². The molecule has 0 spiro atoms. The molecule has 0 atom stereocenters. The van der Waals surface area contributed by atoms with E-state index in [0.717, 1.165) is 45.6 Å². The second-order valence-corrected chi connectivity index (χ2v) is 6.09. The van der Waals surface area contributed by atoms with Crippen molar-refractivity contribution in [1.29, 1.82) is 0 Å². The van der Waals surface area contributed by atoms with Crippen molar-refractivity contribution in [2.24, 2.45) is 11.7 Å². The highest BCUT2D eigenvalue weighted by molar-refractivity contribution is 5.79. The maximum Gasteiger partial charge on any atom is 0.225 e. The summed E-state index contributed by atoms with van der Waals surface area (Å²) in [5.74, 6) is 0.760. The minimum absolute atomic E-state index is 0.111. The number of nitrogens with two attached hydrogens (primary N) is 1. The minimum Gasteiger partial charge on any atom is -0.340 e. The fraction of sp³-hybridized carbons (Fsp3) is 0.923. The Kier molecular flexibility index (Phi) is 2.87. The zero-order valence-corrected chi connectivity index (χ0v) is 10.5. The van der Waals surface area contributed by atoms with Gasteiger partial charge in [0.25, 0.3) is 0 Å². The van der Waals surface area contributed by atoms with Crippen molar-refractivity contribution in [2.75, 3.05) is 32.7 Å². The zero-order chi connectivity index (χ0) is 11.9. The number of hydrogen-bond acceptors (Lipinski definition) is 3. The Balaban J connectivity index is 1.45. The molecule has 1 heterocycles. The Morgan fingerprint density at radius 1 is 1.18 bits per heavy atom. The molecular weight excluding hydrogens is 214 g/mol. The molecule has 0 aromatic rings. The predicted molar refractivity (Wildman–Crippen MR) is 66.5 cm³/mol. The molecule has 17 heavy (non-hydrogen) atoms. The monoisotopic (exact) mass is 237 g/mol. The first-order chi connectivity index (χ1) is 8.16. The van der Waals surface area contributed by atoms with Crippen molar-refractivity contribution in [3.63, 3.8) is 0 Å². The number of amides is 1. The molecule has 0 bridgehead atoms. The van der Waals surface area contributed by atoms with Crippen LogP contribution < -0.4 is 5.73 Å². The second kappa shape index (κ2) is 4.25. The molecule has 2 aliphatic carbocycles. The van der Waals surface area contributed by atoms with Crippen LogP contribution >= 0.6 is 0 Å². The molecular formula is C13H23N3O. The summed E-state index contributed by atoms with van der Waals surface area (Å²) in [6, 6.07) is 0. The lowest BCUT2D eigenvalue weighted by atomic mass is 9.84. The summed E-state index contributed by atoms with van der Waals surface area (Å²) in [6.45, 7) is 4.87. The smallest absolute Gasteiger partial charge is 0.225 e. The van der Waals surface area contributed by atoms with Crippen molar-refractivity contribution >= 4 is 5.91 Å². The van der Waals surface area contributed by atoms with Gasteiger partial charge in [-0.2, -0.15) is 0 Å². The van der Waals surface area contributed by atoms with E-state index in [1.807, 2.05) is 0 Å². The van der Waals surface area contributed by atoms with Gasteiger partial charge in [0.1, 0.15) is 0 Å². The average Bonchev–Trinajstić information content (AvgIpc) is 2.94. The van der Waals surface area contributed by atoms with Crippen molar-refractivity contribution < 1.29 is 4.79 Å². The third kappa shape index (κ3) is 2.47. The van der Waals surface area contributed by atoms with Crippen LogP contribution in [0.4, 0.5) is 0 Å². The van der Waals surface area contributed by atoms with Crippen LogP contribution in [0, 0.1) is 5.92 Å². The van der Waals surface area contributed by atoms with Crippen LogP contribution in [0.25, 0.3) is 0 Å². The molecule has 0 aromatic carbocycles. The summed E-state index contributed by atoms with van der Waals surface area (Å²) in [5, 5.41) is 0. The highest BCUT2D eigenvalue weighted by Crippen LogP contribution is 2.33. The van der Waals surface area contributed by atoms with Gasteiger partial charge in [-0.1, -0.05) is 6.42 Å². The number of rotatable bonds is 3. The maximum absolute atomic E-state index is 12.1. The van der Waals surface area contributed by atoms with Crippen LogP contribution in [0.15, 0.2) is 0 Å². The molecule has 1 aliphatic heterocycles. The first-order valence-corrected chi connectivity index (χ1v) is 6.96. The van der Waals surface area contributed by atoms with Gasteiger partial charge in [-0.05, 0) is 25.7 Å². The summed E-state index contributed by atoms with van der Waals surface area (Å²) in [5.41, 5.74) is 6.24. The normalized spacial score (nSPS) is 28.9. The van der Waals surface area contributed by atoms with Crippen LogP contribution in [0.5, 0.6) is 0 Å². The molecule has 1 saturated heterocycles. The summed E-state index contributed by atoms with van der Waals surface area (Å²) in [4.78, 5) is 16.6. The number of carbonyl (C=O) groups excluding carboxylic acids is 1. The second-order valence-electron chi connectivity index (χ2n) is 6.09. The van der Waals surface area contributed by atoms with E-state index in [2.05, 4.69) is 9.80 Å². The largest absolute Gasteiger partial charge is 0.340 e. The van der Waals surface area contributed by atoms with E-state index < -0.39 is 0 Å². The fourth-order valence-corrected chi connectivity index (χ4v) is 2.80. The Morgan fingerprint density at radius 3 is 2.29 bits per heavy atom. The molecule has 2 saturated carbocycles. The van der Waals surface area contributed by atoms with Crippen molar-refractivity contribution in [2.45, 2.75) is 37.6 Å². The molecule has 2 N–H and O–H groups in total. The number of nitrogens with zero attached hydrogens (tertiary/aromatic N) is 2. The summed E-state index contributed by atoms with van der Waals surface area (Å²) >= 11 is 0. The summed E-state index contributed by atoms with van der Waals surface area (Å²) in [6.07, 6.45) is 5.82. The maximum atomic E-state index is 12.1. The lowest BCUT2D eigenvalue weighted by molar-refractivity contribution is -0.140. The first kappa shape index (κ1) is 11.5. The van der Waals surface area contributed by atoms with Gasteiger partial charge in [-0.25, -0.2) is 0 Å². The van der Waals surface area contributed by atoms with Crippen LogP contribution in [0.2, 0.25) is 0 Å². The minimum atomic E-state index is 0.111. The van der Waals surface area contributed by atoms with Gasteiger partial charge < -0.3 is 10.6 Å². The van der Waals surface area contributed by atoms with Gasteiger partial charge in [0.15, 0.2) is 0 Å². The van der Waals surface area contributed by atoms with E-state index in [-0.39, 0.29) is 5.54 Å². The lowest BCUT2D eigenvalue weighted by Crippen LogP contribution is -2.53. The SMILES string of the molecule is NC1(CN2CCN(C(=O)C3CCC3)CC2)CC1. The molecule has 0 radical (unpaired) electrons. The molecule has 96 valence electrons. The standard InChI is InChI=1S/C13H23N3O/c14-13(4-5-13)10-15-6-8-16(9-7-15)12(17)11-2-1-3-11/h11H,1-10,14H2. The van der Waals surface area contributed by atoms with Gasteiger partial charge in [0.05, 0.1) is 0 Å². The van der Waals surface area contributed by atoms with Gasteiger partial charge in [0.2, 0.25) is 5.91 Å². The van der Waals surface area contributed by atoms with Crippen LogP contribution in [-0.4, -0.2) is 54.0 Å². The predicted octanol–water partition coefficient (Wildman–Crippen LogP) is 0.422. The fourth-order valence-electron chi connectivity index (χ4n) is 2.80. The Bertz CT molecular complexity index is 302. The molecule has 3 rings (SSSR count). The van der Waals surface area contributed by atoms with Crippen molar-refractivity contribution in [3.8, 4) is 0 Å². The van der Waals surface area contributed by atoms with Crippen LogP contribution in [0.3, 0.4) is 0 Å². The molecule has 4 heteroatoms. The summed E-state index contributed by atoms with van der Waals surface area (Å²) < 4.78 is 0. The van der Waals surface area contributed by atoms with E-state index in [0.29, 0.717) is 11.8 Å². The van der Waals surface area contributed by atoms with E-state index in [1.54, 1.807) is 0 Å². The molecule has 1 amide bonds. The number of hydrogen-bond donors (Lipinski definition) is 1. The van der Waals surface area contributed by atoms with Crippen LogP contribution in [-0.2, 0) is 4.79 Å². The average molecular weight is 237 g/mol. The third-order valence-electron chi connectivity index (χ3n) is 4.57. The quantitative estimate of drug-likeness (QED) is 0.774. The van der Waals surface area contributed by atoms with E-state index >= 15 is 0 Å². The number of carbonyl (C=O) groups is 1. The number of piperazine rings is 1. The summed E-state index contributed by atoms with van der Waals surface area (Å²) in [7, 11) is 0. The van der Waals surface area contributed by atoms with E-state index in [4.69, 9.17) is 5.73 Å². The van der Waals surface area contributed by atoms with E-state index in [9.17, 15) is 4.79 Å². The van der Waals surface area contributed by atoms with Gasteiger partial charge in [-0.3, -0.25) is 9.69 Å². The molecule has 3 aliphatic rings. The highest BCUT2D eigenvalue weighted by atomic mass is 16.2. The van der Waals surface area contributed by atoms with Crippen molar-refractivity contribution in [3.05, 3.63) is 0 Å². The van der Waals surface area contributed by atoms with Gasteiger partial charge in [-0.15, -0.1) is 0 Å². The molecule has 4 nitrogen and oxygen atoms in total. The topological polar surface area (TPSA) is 49.6 Å². The first-order valence-electron chi connectivity index (χ1n) is 6.96. The lowest BCUT2D eigenvalue weighted by Gasteiger charge is -2.39. The third-order valence-corrected chi connectivity index (χ3v) is 4.57. The van der Waals surface area contributed by atoms with Gasteiger partial charge >= 0.3 is 0 Å². The Hall–Kier alpha value is -0.610. The van der Waals surface area contributed by atoms with Gasteiger partial charge in [0, 0.05) is 44.2 Å². The van der Waals surface area contributed by atoms with Crippen molar-refractivity contribution in [1.82, 2.24) is 9.80 Å². The Labute approximate surface area is 103 Å². The molecule has 3 fully saturated rings. The molecule has 0 aromatic heterocycles. The zero-order valence-electron chi connectivity index (χ0n) is 10.5. The van der Waals surface area contributed by atoms with Crippen LogP contribution in [0.1, 0.15) is 32.1 Å².